The third kappa shape index (κ3) is 3.89. The van der Waals surface area contributed by atoms with Crippen LogP contribution >= 0.6 is 0 Å². The minimum atomic E-state index is -0.927. The Labute approximate surface area is 119 Å². The molecule has 2 aromatic rings. The van der Waals surface area contributed by atoms with E-state index >= 15 is 0 Å². The van der Waals surface area contributed by atoms with E-state index in [0.717, 1.165) is 11.1 Å². The van der Waals surface area contributed by atoms with Gasteiger partial charge in [-0.3, -0.25) is 4.90 Å². The number of hydrogen-bond acceptors (Lipinski definition) is 2. The molecule has 2 rings (SSSR count). The van der Waals surface area contributed by atoms with E-state index in [1.165, 1.54) is 12.1 Å². The molecule has 1 atom stereocenters. The zero-order valence-corrected chi connectivity index (χ0v) is 11.9. The first-order valence-electron chi connectivity index (χ1n) is 6.68. The van der Waals surface area contributed by atoms with Crippen molar-refractivity contribution in [1.82, 2.24) is 4.90 Å². The number of hydrogen-bond donors (Lipinski definition) is 1. The van der Waals surface area contributed by atoms with Gasteiger partial charge in [0, 0.05) is 13.1 Å². The Balaban J connectivity index is 2.02. The molecule has 1 unspecified atom stereocenters. The molecule has 0 heterocycles. The van der Waals surface area contributed by atoms with Crippen molar-refractivity contribution >= 4 is 0 Å². The maximum atomic E-state index is 13.2. The Bertz CT molecular complexity index is 554. The van der Waals surface area contributed by atoms with Crippen LogP contribution in [0.3, 0.4) is 0 Å². The first-order chi connectivity index (χ1) is 9.47. The molecule has 0 aromatic heterocycles. The number of halogens is 1. The van der Waals surface area contributed by atoms with Gasteiger partial charge in [0.05, 0.1) is 5.60 Å². The van der Waals surface area contributed by atoms with E-state index in [-0.39, 0.29) is 5.82 Å². The summed E-state index contributed by atoms with van der Waals surface area (Å²) >= 11 is 0. The summed E-state index contributed by atoms with van der Waals surface area (Å²) in [5, 5.41) is 10.6. The van der Waals surface area contributed by atoms with Gasteiger partial charge in [-0.15, -0.1) is 0 Å². The lowest BCUT2D eigenvalue weighted by Gasteiger charge is -2.29. The van der Waals surface area contributed by atoms with Gasteiger partial charge >= 0.3 is 0 Å². The van der Waals surface area contributed by atoms with Crippen LogP contribution in [0.15, 0.2) is 54.6 Å². The van der Waals surface area contributed by atoms with Gasteiger partial charge in [0.25, 0.3) is 0 Å². The Morgan fingerprint density at radius 1 is 1.10 bits per heavy atom. The minimum Gasteiger partial charge on any atom is -0.384 e. The van der Waals surface area contributed by atoms with Crippen molar-refractivity contribution in [3.63, 3.8) is 0 Å². The second-order valence-corrected chi connectivity index (χ2v) is 5.44. The van der Waals surface area contributed by atoms with Gasteiger partial charge in [-0.05, 0) is 37.2 Å². The average molecular weight is 273 g/mol. The third-order valence-electron chi connectivity index (χ3n) is 3.32. The normalized spacial score (nSPS) is 14.2. The molecule has 3 heteroatoms. The average Bonchev–Trinajstić information content (AvgIpc) is 2.39. The van der Waals surface area contributed by atoms with E-state index < -0.39 is 5.60 Å². The first-order valence-corrected chi connectivity index (χ1v) is 6.68. The van der Waals surface area contributed by atoms with Crippen molar-refractivity contribution in [2.45, 2.75) is 19.1 Å². The van der Waals surface area contributed by atoms with E-state index in [0.29, 0.717) is 13.1 Å². The van der Waals surface area contributed by atoms with Crippen LogP contribution in [0.1, 0.15) is 18.1 Å². The van der Waals surface area contributed by atoms with Crippen molar-refractivity contribution < 1.29 is 9.50 Å². The van der Waals surface area contributed by atoms with Gasteiger partial charge in [0.1, 0.15) is 5.82 Å². The molecule has 20 heavy (non-hydrogen) atoms. The van der Waals surface area contributed by atoms with Gasteiger partial charge in [-0.25, -0.2) is 4.39 Å². The fourth-order valence-corrected chi connectivity index (χ4v) is 2.42. The summed E-state index contributed by atoms with van der Waals surface area (Å²) in [7, 11) is 1.92. The second kappa shape index (κ2) is 6.16. The molecule has 0 aliphatic rings. The van der Waals surface area contributed by atoms with Crippen LogP contribution in [0.4, 0.5) is 4.39 Å². The Hall–Kier alpha value is -1.71. The van der Waals surface area contributed by atoms with Gasteiger partial charge < -0.3 is 5.11 Å². The number of benzene rings is 2. The maximum absolute atomic E-state index is 13.2. The summed E-state index contributed by atoms with van der Waals surface area (Å²) in [6.45, 7) is 2.87. The molecule has 0 amide bonds. The van der Waals surface area contributed by atoms with Gasteiger partial charge in [0.2, 0.25) is 0 Å². The summed E-state index contributed by atoms with van der Waals surface area (Å²) in [6, 6.07) is 16.1. The molecular formula is C17H20FNO. The molecule has 2 nitrogen and oxygen atoms in total. The number of nitrogens with zero attached hydrogens (tertiary/aromatic N) is 1. The number of aliphatic hydroxyl groups is 1. The van der Waals surface area contributed by atoms with Crippen LogP contribution < -0.4 is 0 Å². The second-order valence-electron chi connectivity index (χ2n) is 5.44. The van der Waals surface area contributed by atoms with E-state index in [1.54, 1.807) is 13.0 Å². The molecule has 0 saturated heterocycles. The van der Waals surface area contributed by atoms with Crippen LogP contribution in [-0.2, 0) is 12.1 Å². The van der Waals surface area contributed by atoms with Gasteiger partial charge in [-0.1, -0.05) is 42.5 Å². The topological polar surface area (TPSA) is 23.5 Å². The lowest BCUT2D eigenvalue weighted by atomic mass is 9.95. The fourth-order valence-electron chi connectivity index (χ4n) is 2.42. The highest BCUT2D eigenvalue weighted by Crippen LogP contribution is 2.21. The molecule has 2 aromatic carbocycles. The predicted molar refractivity (Wildman–Crippen MR) is 78.7 cm³/mol. The highest BCUT2D eigenvalue weighted by atomic mass is 19.1. The van der Waals surface area contributed by atoms with E-state index in [4.69, 9.17) is 0 Å². The lowest BCUT2D eigenvalue weighted by molar-refractivity contribution is 0.0214. The van der Waals surface area contributed by atoms with Crippen LogP contribution in [0, 0.1) is 5.82 Å². The molecule has 1 N–H and O–H groups in total. The largest absolute Gasteiger partial charge is 0.384 e. The number of rotatable bonds is 5. The first kappa shape index (κ1) is 14.7. The van der Waals surface area contributed by atoms with E-state index in [9.17, 15) is 9.50 Å². The summed E-state index contributed by atoms with van der Waals surface area (Å²) in [5.74, 6) is -0.231. The monoisotopic (exact) mass is 273 g/mol. The van der Waals surface area contributed by atoms with Crippen molar-refractivity contribution in [2.75, 3.05) is 13.6 Å². The standard InChI is InChI=1S/C17H20FNO/c1-17(20,15-8-4-3-5-9-15)13-19(2)12-14-7-6-10-16(18)11-14/h3-11,20H,12-13H2,1-2H3. The summed E-state index contributed by atoms with van der Waals surface area (Å²) < 4.78 is 13.2. The van der Waals surface area contributed by atoms with Crippen molar-refractivity contribution in [3.05, 3.63) is 71.5 Å². The van der Waals surface area contributed by atoms with Crippen molar-refractivity contribution in [2.24, 2.45) is 0 Å². The van der Waals surface area contributed by atoms with Gasteiger partial charge in [0.15, 0.2) is 0 Å². The Morgan fingerprint density at radius 2 is 1.80 bits per heavy atom. The predicted octanol–water partition coefficient (Wildman–Crippen LogP) is 3.17. The van der Waals surface area contributed by atoms with E-state index in [1.807, 2.05) is 48.3 Å². The third-order valence-corrected chi connectivity index (χ3v) is 3.32. The SMILES string of the molecule is CN(Cc1cccc(F)c1)CC(C)(O)c1ccccc1. The smallest absolute Gasteiger partial charge is 0.123 e. The molecule has 0 bridgehead atoms. The summed E-state index contributed by atoms with van der Waals surface area (Å²) in [4.78, 5) is 1.99. The zero-order valence-electron chi connectivity index (χ0n) is 11.9. The summed E-state index contributed by atoms with van der Waals surface area (Å²) in [6.07, 6.45) is 0. The molecule has 106 valence electrons. The highest BCUT2D eigenvalue weighted by molar-refractivity contribution is 5.22. The Kier molecular flexibility index (Phi) is 4.53. The maximum Gasteiger partial charge on any atom is 0.123 e. The molecule has 0 fully saturated rings. The van der Waals surface area contributed by atoms with Crippen molar-refractivity contribution in [3.8, 4) is 0 Å². The molecule has 0 radical (unpaired) electrons. The minimum absolute atomic E-state index is 0.231. The van der Waals surface area contributed by atoms with Gasteiger partial charge in [-0.2, -0.15) is 0 Å². The quantitative estimate of drug-likeness (QED) is 0.904. The molecule has 0 aliphatic heterocycles. The van der Waals surface area contributed by atoms with Crippen LogP contribution in [0.5, 0.6) is 0 Å². The van der Waals surface area contributed by atoms with Crippen LogP contribution in [0.25, 0.3) is 0 Å². The highest BCUT2D eigenvalue weighted by Gasteiger charge is 2.24. The zero-order chi connectivity index (χ0) is 14.6. The van der Waals surface area contributed by atoms with Crippen LogP contribution in [0.2, 0.25) is 0 Å². The molecule has 0 saturated carbocycles. The lowest BCUT2D eigenvalue weighted by Crippen LogP contribution is -2.36. The van der Waals surface area contributed by atoms with E-state index in [2.05, 4.69) is 0 Å². The fraction of sp³-hybridized carbons (Fsp3) is 0.294. The molecule has 0 spiro atoms. The summed E-state index contributed by atoms with van der Waals surface area (Å²) in [5.41, 5.74) is 0.853. The number of likely N-dealkylation sites (N-methyl/N-ethyl adjacent to an activating group) is 1. The Morgan fingerprint density at radius 3 is 2.45 bits per heavy atom. The van der Waals surface area contributed by atoms with Crippen LogP contribution in [-0.4, -0.2) is 23.6 Å². The van der Waals surface area contributed by atoms with Crippen molar-refractivity contribution in [1.29, 1.82) is 0 Å². The molecular weight excluding hydrogens is 253 g/mol. The molecule has 0 aliphatic carbocycles.